The molecule has 1 aliphatic heterocycles. The predicted molar refractivity (Wildman–Crippen MR) is 85.6 cm³/mol. The Bertz CT molecular complexity index is 623. The molecule has 0 bridgehead atoms. The molecular weight excluding hydrogens is 262 g/mol. The Balaban J connectivity index is 1.84. The molecule has 0 amide bonds. The van der Waals surface area contributed by atoms with E-state index in [1.54, 1.807) is 0 Å². The first kappa shape index (κ1) is 14.1. The predicted octanol–water partition coefficient (Wildman–Crippen LogP) is 2.28. The summed E-state index contributed by atoms with van der Waals surface area (Å²) in [4.78, 5) is 6.92. The summed E-state index contributed by atoms with van der Waals surface area (Å²) in [6.45, 7) is 10.5. The van der Waals surface area contributed by atoms with Crippen molar-refractivity contribution in [2.75, 3.05) is 18.0 Å². The van der Waals surface area contributed by atoms with Gasteiger partial charge in [0.25, 0.3) is 0 Å². The number of nitrogens with one attached hydrogen (secondary N) is 2. The third-order valence-corrected chi connectivity index (χ3v) is 4.09. The number of anilines is 1. The number of hydrogen-bond donors (Lipinski definition) is 2. The highest BCUT2D eigenvalue weighted by Gasteiger charge is 2.23. The van der Waals surface area contributed by atoms with E-state index < -0.39 is 0 Å². The Kier molecular flexibility index (Phi) is 3.68. The number of nitrogens with zero attached hydrogens (tertiary/aromatic N) is 3. The van der Waals surface area contributed by atoms with Gasteiger partial charge in [0.2, 0.25) is 5.95 Å². The van der Waals surface area contributed by atoms with Crippen molar-refractivity contribution in [2.24, 2.45) is 0 Å². The number of aromatic nitrogens is 3. The van der Waals surface area contributed by atoms with Crippen molar-refractivity contribution in [3.05, 3.63) is 29.3 Å². The second-order valence-electron chi connectivity index (χ2n) is 6.16. The molecule has 1 aromatic carbocycles. The molecule has 0 aliphatic carbocycles. The van der Waals surface area contributed by atoms with Crippen molar-refractivity contribution in [1.29, 1.82) is 0 Å². The van der Waals surface area contributed by atoms with Gasteiger partial charge in [-0.3, -0.25) is 5.10 Å². The third kappa shape index (κ3) is 2.93. The van der Waals surface area contributed by atoms with Crippen molar-refractivity contribution in [3.63, 3.8) is 0 Å². The normalized spacial score (nSPS) is 22.6. The molecule has 1 fully saturated rings. The minimum atomic E-state index is 0.456. The van der Waals surface area contributed by atoms with Gasteiger partial charge in [-0.2, -0.15) is 4.98 Å². The molecule has 112 valence electrons. The molecule has 2 aromatic rings. The number of aryl methyl sites for hydroxylation is 2. The summed E-state index contributed by atoms with van der Waals surface area (Å²) >= 11 is 0. The molecular formula is C16H23N5. The van der Waals surface area contributed by atoms with Crippen LogP contribution in [0.1, 0.15) is 25.0 Å². The number of piperazine rings is 1. The van der Waals surface area contributed by atoms with Crippen LogP contribution >= 0.6 is 0 Å². The largest absolute Gasteiger partial charge is 0.336 e. The first-order chi connectivity index (χ1) is 10.0. The molecule has 2 heterocycles. The highest BCUT2D eigenvalue weighted by molar-refractivity contribution is 5.58. The molecule has 1 saturated heterocycles. The molecule has 0 saturated carbocycles. The van der Waals surface area contributed by atoms with Gasteiger partial charge in [-0.05, 0) is 44.9 Å². The molecule has 5 heteroatoms. The highest BCUT2D eigenvalue weighted by atomic mass is 15.4. The van der Waals surface area contributed by atoms with Gasteiger partial charge < -0.3 is 10.2 Å². The van der Waals surface area contributed by atoms with Crippen LogP contribution < -0.4 is 10.2 Å². The lowest BCUT2D eigenvalue weighted by atomic mass is 10.1. The van der Waals surface area contributed by atoms with E-state index in [1.165, 1.54) is 11.1 Å². The Morgan fingerprint density at radius 1 is 1.10 bits per heavy atom. The standard InChI is InChI=1S/C16H23N5/c1-10-5-6-14(7-11(10)2)15-18-16(20-19-15)21-8-12(3)17-13(4)9-21/h5-7,12-13,17H,8-9H2,1-4H3,(H,18,19,20). The van der Waals surface area contributed by atoms with Gasteiger partial charge in [-0.25, -0.2) is 0 Å². The van der Waals surface area contributed by atoms with Crippen molar-refractivity contribution in [2.45, 2.75) is 39.8 Å². The fraction of sp³-hybridized carbons (Fsp3) is 0.500. The van der Waals surface area contributed by atoms with Gasteiger partial charge >= 0.3 is 0 Å². The summed E-state index contributed by atoms with van der Waals surface area (Å²) in [6, 6.07) is 7.29. The number of aromatic amines is 1. The maximum absolute atomic E-state index is 4.68. The fourth-order valence-corrected chi connectivity index (χ4v) is 2.90. The van der Waals surface area contributed by atoms with Crippen molar-refractivity contribution < 1.29 is 0 Å². The molecule has 0 spiro atoms. The minimum absolute atomic E-state index is 0.456. The summed E-state index contributed by atoms with van der Waals surface area (Å²) in [6.07, 6.45) is 0. The van der Waals surface area contributed by atoms with Gasteiger partial charge in [-0.1, -0.05) is 12.1 Å². The van der Waals surface area contributed by atoms with Crippen LogP contribution in [0.4, 0.5) is 5.95 Å². The smallest absolute Gasteiger partial charge is 0.245 e. The summed E-state index contributed by atoms with van der Waals surface area (Å²) < 4.78 is 0. The minimum Gasteiger partial charge on any atom is -0.336 e. The summed E-state index contributed by atoms with van der Waals surface area (Å²) in [5.41, 5.74) is 3.66. The monoisotopic (exact) mass is 285 g/mol. The van der Waals surface area contributed by atoms with E-state index in [-0.39, 0.29) is 0 Å². The summed E-state index contributed by atoms with van der Waals surface area (Å²) in [7, 11) is 0. The van der Waals surface area contributed by atoms with E-state index in [4.69, 9.17) is 0 Å². The molecule has 2 atom stereocenters. The van der Waals surface area contributed by atoms with Crippen LogP contribution in [0.25, 0.3) is 11.4 Å². The molecule has 1 aliphatic rings. The van der Waals surface area contributed by atoms with E-state index in [0.717, 1.165) is 30.4 Å². The summed E-state index contributed by atoms with van der Waals surface area (Å²) in [5, 5.41) is 11.0. The zero-order valence-electron chi connectivity index (χ0n) is 13.1. The van der Waals surface area contributed by atoms with Crippen LogP contribution in [0.3, 0.4) is 0 Å². The number of H-pyrrole nitrogens is 1. The molecule has 2 unspecified atom stereocenters. The summed E-state index contributed by atoms with van der Waals surface area (Å²) in [5.74, 6) is 1.63. The van der Waals surface area contributed by atoms with E-state index in [1.807, 2.05) is 0 Å². The lowest BCUT2D eigenvalue weighted by Crippen LogP contribution is -2.54. The van der Waals surface area contributed by atoms with E-state index >= 15 is 0 Å². The molecule has 3 rings (SSSR count). The van der Waals surface area contributed by atoms with Crippen LogP contribution in [-0.4, -0.2) is 40.4 Å². The topological polar surface area (TPSA) is 56.8 Å². The molecule has 5 nitrogen and oxygen atoms in total. The zero-order valence-corrected chi connectivity index (χ0v) is 13.1. The van der Waals surface area contributed by atoms with Gasteiger partial charge in [0.05, 0.1) is 0 Å². The highest BCUT2D eigenvalue weighted by Crippen LogP contribution is 2.21. The van der Waals surface area contributed by atoms with Gasteiger partial charge in [0.15, 0.2) is 5.82 Å². The first-order valence-corrected chi connectivity index (χ1v) is 7.54. The van der Waals surface area contributed by atoms with Gasteiger partial charge in [-0.15, -0.1) is 5.10 Å². The number of rotatable bonds is 2. The van der Waals surface area contributed by atoms with Crippen LogP contribution in [0.2, 0.25) is 0 Å². The fourth-order valence-electron chi connectivity index (χ4n) is 2.90. The quantitative estimate of drug-likeness (QED) is 0.889. The average Bonchev–Trinajstić information content (AvgIpc) is 2.90. The molecule has 1 aromatic heterocycles. The van der Waals surface area contributed by atoms with Crippen LogP contribution in [0.5, 0.6) is 0 Å². The number of benzene rings is 1. The van der Waals surface area contributed by atoms with E-state index in [2.05, 4.69) is 71.3 Å². The average molecular weight is 285 g/mol. The molecule has 2 N–H and O–H groups in total. The maximum atomic E-state index is 4.68. The number of hydrogen-bond acceptors (Lipinski definition) is 4. The Morgan fingerprint density at radius 2 is 1.81 bits per heavy atom. The van der Waals surface area contributed by atoms with E-state index in [9.17, 15) is 0 Å². The Hall–Kier alpha value is -1.88. The maximum Gasteiger partial charge on any atom is 0.245 e. The van der Waals surface area contributed by atoms with E-state index in [0.29, 0.717) is 12.1 Å². The third-order valence-electron chi connectivity index (χ3n) is 4.09. The van der Waals surface area contributed by atoms with Crippen LogP contribution in [-0.2, 0) is 0 Å². The molecule has 21 heavy (non-hydrogen) atoms. The lowest BCUT2D eigenvalue weighted by molar-refractivity contribution is 0.403. The Labute approximate surface area is 125 Å². The SMILES string of the molecule is Cc1ccc(-c2nc(N3CC(C)NC(C)C3)n[nH]2)cc1C. The first-order valence-electron chi connectivity index (χ1n) is 7.54. The van der Waals surface area contributed by atoms with Gasteiger partial charge in [0.1, 0.15) is 0 Å². The van der Waals surface area contributed by atoms with Crippen LogP contribution in [0.15, 0.2) is 18.2 Å². The van der Waals surface area contributed by atoms with Crippen LogP contribution in [0, 0.1) is 13.8 Å². The lowest BCUT2D eigenvalue weighted by Gasteiger charge is -2.35. The Morgan fingerprint density at radius 3 is 2.48 bits per heavy atom. The zero-order chi connectivity index (χ0) is 15.0. The second-order valence-corrected chi connectivity index (χ2v) is 6.16. The van der Waals surface area contributed by atoms with Crippen molar-refractivity contribution >= 4 is 5.95 Å². The van der Waals surface area contributed by atoms with Crippen molar-refractivity contribution in [1.82, 2.24) is 20.5 Å². The second kappa shape index (κ2) is 5.48. The molecule has 0 radical (unpaired) electrons. The van der Waals surface area contributed by atoms with Gasteiger partial charge in [0, 0.05) is 30.7 Å². The van der Waals surface area contributed by atoms with Crippen molar-refractivity contribution in [3.8, 4) is 11.4 Å².